The van der Waals surface area contributed by atoms with Crippen LogP contribution in [0.15, 0.2) is 54.6 Å². The fourth-order valence-corrected chi connectivity index (χ4v) is 4.23. The van der Waals surface area contributed by atoms with Crippen molar-refractivity contribution in [3.63, 3.8) is 0 Å². The average Bonchev–Trinajstić information content (AvgIpc) is 3.16. The van der Waals surface area contributed by atoms with Crippen LogP contribution >= 0.6 is 0 Å². The van der Waals surface area contributed by atoms with Gasteiger partial charge in [-0.1, -0.05) is 48.5 Å². The molecule has 5 heteroatoms. The summed E-state index contributed by atoms with van der Waals surface area (Å²) in [5, 5.41) is 9.89. The Morgan fingerprint density at radius 3 is 2.68 bits per heavy atom. The molecular formula is C23H28N2O3. The van der Waals surface area contributed by atoms with E-state index >= 15 is 0 Å². The highest BCUT2D eigenvalue weighted by Gasteiger charge is 2.33. The number of likely N-dealkylation sites (tertiary alicyclic amines) is 1. The van der Waals surface area contributed by atoms with Gasteiger partial charge in [0.05, 0.1) is 12.1 Å². The number of para-hydroxylation sites is 1. The van der Waals surface area contributed by atoms with E-state index in [2.05, 4.69) is 23.1 Å². The SMILES string of the molecule is CN(C(=O)C1CCc2ccccc2O1)[C@H](CN1CC[C@H](O)C1)c1ccccc1. The number of ether oxygens (including phenoxy) is 1. The van der Waals surface area contributed by atoms with Gasteiger partial charge in [0.15, 0.2) is 6.10 Å². The first-order chi connectivity index (χ1) is 13.6. The van der Waals surface area contributed by atoms with Gasteiger partial charge in [-0.3, -0.25) is 9.69 Å². The lowest BCUT2D eigenvalue weighted by Gasteiger charge is -2.35. The van der Waals surface area contributed by atoms with E-state index in [0.717, 1.165) is 30.7 Å². The molecule has 1 N–H and O–H groups in total. The molecule has 2 aromatic rings. The number of aryl methyl sites for hydroxylation is 1. The Bertz CT molecular complexity index is 811. The Morgan fingerprint density at radius 2 is 1.93 bits per heavy atom. The molecule has 2 aliphatic rings. The molecule has 0 aliphatic carbocycles. The van der Waals surface area contributed by atoms with Gasteiger partial charge in [-0.2, -0.15) is 0 Å². The second kappa shape index (κ2) is 8.33. The number of aliphatic hydroxyl groups excluding tert-OH is 1. The number of benzene rings is 2. The van der Waals surface area contributed by atoms with Gasteiger partial charge in [0.2, 0.25) is 0 Å². The molecule has 2 heterocycles. The zero-order chi connectivity index (χ0) is 19.5. The van der Waals surface area contributed by atoms with Crippen molar-refractivity contribution in [3.05, 3.63) is 65.7 Å². The van der Waals surface area contributed by atoms with Crippen molar-refractivity contribution < 1.29 is 14.6 Å². The smallest absolute Gasteiger partial charge is 0.263 e. The highest BCUT2D eigenvalue weighted by molar-refractivity contribution is 5.82. The van der Waals surface area contributed by atoms with Gasteiger partial charge in [0.1, 0.15) is 5.75 Å². The first-order valence-corrected chi connectivity index (χ1v) is 10.1. The van der Waals surface area contributed by atoms with E-state index in [1.807, 2.05) is 48.3 Å². The molecule has 1 fully saturated rings. The predicted octanol–water partition coefficient (Wildman–Crippen LogP) is 2.65. The van der Waals surface area contributed by atoms with Crippen LogP contribution in [-0.2, 0) is 11.2 Å². The Hall–Kier alpha value is -2.37. The van der Waals surface area contributed by atoms with Crippen molar-refractivity contribution in [1.82, 2.24) is 9.80 Å². The van der Waals surface area contributed by atoms with Gasteiger partial charge in [-0.25, -0.2) is 0 Å². The maximum absolute atomic E-state index is 13.3. The van der Waals surface area contributed by atoms with Crippen LogP contribution in [-0.4, -0.2) is 59.7 Å². The zero-order valence-electron chi connectivity index (χ0n) is 16.3. The number of nitrogens with zero attached hydrogens (tertiary/aromatic N) is 2. The number of hydrogen-bond donors (Lipinski definition) is 1. The van der Waals surface area contributed by atoms with Gasteiger partial charge in [0, 0.05) is 26.7 Å². The molecule has 4 rings (SSSR count). The highest BCUT2D eigenvalue weighted by Crippen LogP contribution is 2.30. The maximum Gasteiger partial charge on any atom is 0.263 e. The molecule has 5 nitrogen and oxygen atoms in total. The number of carbonyl (C=O) groups is 1. The third kappa shape index (κ3) is 4.05. The van der Waals surface area contributed by atoms with Crippen molar-refractivity contribution in [1.29, 1.82) is 0 Å². The van der Waals surface area contributed by atoms with Crippen molar-refractivity contribution in [2.24, 2.45) is 0 Å². The van der Waals surface area contributed by atoms with Crippen molar-refractivity contribution in [2.75, 3.05) is 26.7 Å². The van der Waals surface area contributed by atoms with Crippen LogP contribution in [0.3, 0.4) is 0 Å². The van der Waals surface area contributed by atoms with E-state index in [0.29, 0.717) is 19.5 Å². The van der Waals surface area contributed by atoms with Crippen LogP contribution in [0.1, 0.15) is 30.0 Å². The molecule has 3 atom stereocenters. The van der Waals surface area contributed by atoms with Gasteiger partial charge in [-0.05, 0) is 36.5 Å². The monoisotopic (exact) mass is 380 g/mol. The minimum absolute atomic E-state index is 0.0168. The number of likely N-dealkylation sites (N-methyl/N-ethyl adjacent to an activating group) is 1. The minimum atomic E-state index is -0.449. The lowest BCUT2D eigenvalue weighted by Crippen LogP contribution is -2.46. The lowest BCUT2D eigenvalue weighted by molar-refractivity contribution is -0.140. The van der Waals surface area contributed by atoms with E-state index in [4.69, 9.17) is 4.74 Å². The number of carbonyl (C=O) groups excluding carboxylic acids is 1. The molecule has 1 amide bonds. The fourth-order valence-electron chi connectivity index (χ4n) is 4.23. The molecule has 0 radical (unpaired) electrons. The first-order valence-electron chi connectivity index (χ1n) is 10.1. The van der Waals surface area contributed by atoms with E-state index in [1.54, 1.807) is 0 Å². The highest BCUT2D eigenvalue weighted by atomic mass is 16.5. The Balaban J connectivity index is 1.51. The average molecular weight is 380 g/mol. The summed E-state index contributed by atoms with van der Waals surface area (Å²) in [4.78, 5) is 17.4. The second-order valence-electron chi connectivity index (χ2n) is 7.83. The number of fused-ring (bicyclic) bond motifs is 1. The van der Waals surface area contributed by atoms with E-state index in [-0.39, 0.29) is 18.1 Å². The van der Waals surface area contributed by atoms with Crippen LogP contribution in [0.2, 0.25) is 0 Å². The molecule has 28 heavy (non-hydrogen) atoms. The summed E-state index contributed by atoms with van der Waals surface area (Å²) in [7, 11) is 1.87. The number of aliphatic hydroxyl groups is 1. The topological polar surface area (TPSA) is 53.0 Å². The molecule has 0 aromatic heterocycles. The first kappa shape index (κ1) is 19.0. The minimum Gasteiger partial charge on any atom is -0.480 e. The van der Waals surface area contributed by atoms with Crippen LogP contribution < -0.4 is 4.74 Å². The fraction of sp³-hybridized carbons (Fsp3) is 0.435. The molecule has 1 saturated heterocycles. The van der Waals surface area contributed by atoms with Gasteiger partial charge in [0.25, 0.3) is 5.91 Å². The second-order valence-corrected chi connectivity index (χ2v) is 7.83. The van der Waals surface area contributed by atoms with E-state index in [1.165, 1.54) is 5.56 Å². The Labute approximate surface area is 166 Å². The van der Waals surface area contributed by atoms with Gasteiger partial charge < -0.3 is 14.7 Å². The van der Waals surface area contributed by atoms with Gasteiger partial charge in [-0.15, -0.1) is 0 Å². The number of rotatable bonds is 5. The number of β-amino-alcohol motifs (C(OH)–C–C–N with tert-alkyl or cyclic N) is 1. The van der Waals surface area contributed by atoms with Crippen LogP contribution in [0.4, 0.5) is 0 Å². The van der Waals surface area contributed by atoms with Gasteiger partial charge >= 0.3 is 0 Å². The summed E-state index contributed by atoms with van der Waals surface area (Å²) in [6.07, 6.45) is 1.63. The number of amides is 1. The molecular weight excluding hydrogens is 352 g/mol. The third-order valence-electron chi connectivity index (χ3n) is 5.87. The molecule has 0 spiro atoms. The summed E-state index contributed by atoms with van der Waals surface area (Å²) in [5.74, 6) is 0.836. The maximum atomic E-state index is 13.3. The largest absolute Gasteiger partial charge is 0.480 e. The summed E-state index contributed by atoms with van der Waals surface area (Å²) < 4.78 is 6.04. The van der Waals surface area contributed by atoms with E-state index in [9.17, 15) is 9.90 Å². The predicted molar refractivity (Wildman–Crippen MR) is 108 cm³/mol. The van der Waals surface area contributed by atoms with Crippen LogP contribution in [0.25, 0.3) is 0 Å². The van der Waals surface area contributed by atoms with Crippen LogP contribution in [0.5, 0.6) is 5.75 Å². The number of hydrogen-bond acceptors (Lipinski definition) is 4. The zero-order valence-corrected chi connectivity index (χ0v) is 16.3. The molecule has 2 aliphatic heterocycles. The lowest BCUT2D eigenvalue weighted by atomic mass is 10.00. The standard InChI is InChI=1S/C23H28N2O3/c1-24(23(27)22-12-11-18-9-5-6-10-21(18)28-22)20(17-7-3-2-4-8-17)16-25-14-13-19(26)15-25/h2-10,19-20,22,26H,11-16H2,1H3/t19-,20+,22?/m0/s1. The summed E-state index contributed by atoms with van der Waals surface area (Å²) in [6.45, 7) is 2.24. The molecule has 0 bridgehead atoms. The molecule has 148 valence electrons. The van der Waals surface area contributed by atoms with Crippen molar-refractivity contribution in [3.8, 4) is 5.75 Å². The quantitative estimate of drug-likeness (QED) is 0.867. The third-order valence-corrected chi connectivity index (χ3v) is 5.87. The normalized spacial score (nSPS) is 22.9. The molecule has 0 saturated carbocycles. The van der Waals surface area contributed by atoms with Crippen molar-refractivity contribution >= 4 is 5.91 Å². The summed E-state index contributed by atoms with van der Waals surface area (Å²) >= 11 is 0. The van der Waals surface area contributed by atoms with Crippen LogP contribution in [0, 0.1) is 0 Å². The summed E-state index contributed by atoms with van der Waals surface area (Å²) in [6, 6.07) is 18.0. The van der Waals surface area contributed by atoms with Crippen molar-refractivity contribution in [2.45, 2.75) is 37.5 Å². The summed E-state index contributed by atoms with van der Waals surface area (Å²) in [5.41, 5.74) is 2.27. The Morgan fingerprint density at radius 1 is 1.18 bits per heavy atom. The Kier molecular flexibility index (Phi) is 5.64. The molecule has 1 unspecified atom stereocenters. The molecule has 2 aromatic carbocycles. The van der Waals surface area contributed by atoms with E-state index < -0.39 is 6.10 Å².